The lowest BCUT2D eigenvalue weighted by Crippen LogP contribution is -2.42. The van der Waals surface area contributed by atoms with Crippen molar-refractivity contribution in [2.75, 3.05) is 4.90 Å². The number of thiazole rings is 1. The standard InChI is InChI=1S/C34H29BrN2O4S2/c1-16-7-10-20(11-8-16)37-32(38)27-22-14-23(28(27)33(37)39)29-26(22)25(30-31(42-29)36-34(40)43-30)21-13-19(35)9-12-24(21)41-15-18-6-4-3-5-17(18)2/h3-13,22-23,25-29H,14-15H2,1-2H3,(H,36,40)/t22-,23-,25+,26+,27+,28+,29-/m1/s1. The summed E-state index contributed by atoms with van der Waals surface area (Å²) in [5, 5.41) is 1.01. The molecule has 3 aromatic carbocycles. The maximum atomic E-state index is 14.1. The number of rotatable bonds is 5. The largest absolute Gasteiger partial charge is 0.489 e. The quantitative estimate of drug-likeness (QED) is 0.229. The Bertz CT molecular complexity index is 1850. The number of hydrogen-bond donors (Lipinski definition) is 1. The first-order valence-electron chi connectivity index (χ1n) is 14.6. The number of nitrogens with one attached hydrogen (secondary N) is 1. The van der Waals surface area contributed by atoms with Gasteiger partial charge in [0.25, 0.3) is 0 Å². The predicted molar refractivity (Wildman–Crippen MR) is 172 cm³/mol. The van der Waals surface area contributed by atoms with Crippen LogP contribution in [-0.2, 0) is 16.2 Å². The molecule has 2 bridgehead atoms. The van der Waals surface area contributed by atoms with Crippen molar-refractivity contribution < 1.29 is 14.3 Å². The maximum absolute atomic E-state index is 14.1. The van der Waals surface area contributed by atoms with Gasteiger partial charge in [-0.25, -0.2) is 0 Å². The zero-order chi connectivity index (χ0) is 29.6. The molecular weight excluding hydrogens is 644 g/mol. The molecule has 4 aliphatic rings. The van der Waals surface area contributed by atoms with Crippen molar-refractivity contribution in [2.24, 2.45) is 29.6 Å². The molecule has 3 fully saturated rings. The van der Waals surface area contributed by atoms with Crippen molar-refractivity contribution in [2.45, 2.75) is 43.1 Å². The number of ether oxygens (including phenoxy) is 1. The minimum absolute atomic E-state index is 0.0398. The third kappa shape index (κ3) is 4.22. The first kappa shape index (κ1) is 27.4. The number of aryl methyl sites for hydroxylation is 2. The molecule has 218 valence electrons. The smallest absolute Gasteiger partial charge is 0.305 e. The van der Waals surface area contributed by atoms with E-state index in [2.05, 4.69) is 46.0 Å². The molecule has 7 atom stereocenters. The lowest BCUT2D eigenvalue weighted by Gasteiger charge is -2.43. The van der Waals surface area contributed by atoms with Gasteiger partial charge < -0.3 is 9.72 Å². The second-order valence-corrected chi connectivity index (χ2v) is 15.3. The summed E-state index contributed by atoms with van der Waals surface area (Å²) < 4.78 is 7.47. The van der Waals surface area contributed by atoms with E-state index in [4.69, 9.17) is 4.74 Å². The molecule has 0 unspecified atom stereocenters. The summed E-state index contributed by atoms with van der Waals surface area (Å²) in [4.78, 5) is 46.2. The first-order chi connectivity index (χ1) is 20.8. The van der Waals surface area contributed by atoms with Crippen LogP contribution in [0.25, 0.3) is 0 Å². The average Bonchev–Trinajstić information content (AvgIpc) is 3.72. The van der Waals surface area contributed by atoms with Crippen molar-refractivity contribution in [3.05, 3.63) is 108 Å². The second kappa shape index (κ2) is 10.2. The van der Waals surface area contributed by atoms with Gasteiger partial charge in [-0.05, 0) is 79.5 Å². The number of halogens is 1. The number of carbonyl (C=O) groups excluding carboxylic acids is 2. The molecule has 0 spiro atoms. The van der Waals surface area contributed by atoms with Gasteiger partial charge in [-0.1, -0.05) is 69.2 Å². The minimum atomic E-state index is -0.344. The third-order valence-electron chi connectivity index (χ3n) is 9.97. The van der Waals surface area contributed by atoms with Crippen molar-refractivity contribution in [1.82, 2.24) is 4.98 Å². The average molecular weight is 674 g/mol. The van der Waals surface area contributed by atoms with E-state index in [-0.39, 0.29) is 57.4 Å². The Morgan fingerprint density at radius 3 is 2.47 bits per heavy atom. The zero-order valence-corrected chi connectivity index (χ0v) is 26.8. The molecule has 4 aromatic rings. The van der Waals surface area contributed by atoms with Gasteiger partial charge in [0.05, 0.1) is 22.5 Å². The number of anilines is 1. The molecule has 2 aliphatic carbocycles. The van der Waals surface area contributed by atoms with Crippen molar-refractivity contribution in [3.63, 3.8) is 0 Å². The molecule has 8 rings (SSSR count). The van der Waals surface area contributed by atoms with Crippen LogP contribution < -0.4 is 14.5 Å². The van der Waals surface area contributed by atoms with Crippen LogP contribution >= 0.6 is 39.0 Å². The summed E-state index contributed by atoms with van der Waals surface area (Å²) in [6.45, 7) is 4.51. The van der Waals surface area contributed by atoms with Gasteiger partial charge in [0.1, 0.15) is 12.4 Å². The highest BCUT2D eigenvalue weighted by Crippen LogP contribution is 2.69. The Kier molecular flexibility index (Phi) is 6.51. The molecule has 2 aliphatic heterocycles. The van der Waals surface area contributed by atoms with Gasteiger partial charge in [0, 0.05) is 26.1 Å². The SMILES string of the molecule is Cc1ccc(N2C(=O)[C@H]3[C@H]4C[C@@H]([C@@H]3C2=O)[C@H]2[C@H](c3cc(Br)ccc3OCc3ccccc3C)c3sc(=O)[nH]c3S[C@H]42)cc1. The summed E-state index contributed by atoms with van der Waals surface area (Å²) in [6.07, 6.45) is 0.847. The number of fused-ring (bicyclic) bond motifs is 9. The number of imide groups is 1. The van der Waals surface area contributed by atoms with E-state index in [1.165, 1.54) is 21.8 Å². The molecule has 0 radical (unpaired) electrons. The number of aromatic amines is 1. The number of nitrogens with zero attached hydrogens (tertiary/aromatic N) is 1. The van der Waals surface area contributed by atoms with Crippen molar-refractivity contribution >= 4 is 56.5 Å². The monoisotopic (exact) mass is 672 g/mol. The van der Waals surface area contributed by atoms with Gasteiger partial charge in [0.15, 0.2) is 0 Å². The van der Waals surface area contributed by atoms with Crippen LogP contribution in [0.2, 0.25) is 0 Å². The highest BCUT2D eigenvalue weighted by molar-refractivity contribution is 9.10. The normalized spacial score (nSPS) is 28.6. The number of hydrogen-bond acceptors (Lipinski definition) is 6. The summed E-state index contributed by atoms with van der Waals surface area (Å²) in [7, 11) is 0. The molecule has 1 N–H and O–H groups in total. The van der Waals surface area contributed by atoms with E-state index in [1.54, 1.807) is 11.8 Å². The highest BCUT2D eigenvalue weighted by atomic mass is 79.9. The number of carbonyl (C=O) groups is 2. The molecule has 1 aromatic heterocycles. The topological polar surface area (TPSA) is 79.5 Å². The fourth-order valence-electron chi connectivity index (χ4n) is 8.13. The van der Waals surface area contributed by atoms with Gasteiger partial charge in [0.2, 0.25) is 11.8 Å². The molecule has 43 heavy (non-hydrogen) atoms. The number of aromatic nitrogens is 1. The van der Waals surface area contributed by atoms with Gasteiger partial charge >= 0.3 is 4.87 Å². The third-order valence-corrected chi connectivity index (χ3v) is 13.0. The zero-order valence-electron chi connectivity index (χ0n) is 23.6. The second-order valence-electron chi connectivity index (χ2n) is 12.2. The summed E-state index contributed by atoms with van der Waals surface area (Å²) in [5.74, 6) is 0.0500. The van der Waals surface area contributed by atoms with E-state index in [9.17, 15) is 14.4 Å². The van der Waals surface area contributed by atoms with Crippen LogP contribution in [0.5, 0.6) is 5.75 Å². The van der Waals surface area contributed by atoms with Crippen LogP contribution in [0, 0.1) is 43.4 Å². The number of thioether (sulfide) groups is 1. The van der Waals surface area contributed by atoms with Crippen LogP contribution in [0.3, 0.4) is 0 Å². The van der Waals surface area contributed by atoms with Crippen molar-refractivity contribution in [1.29, 1.82) is 0 Å². The highest BCUT2D eigenvalue weighted by Gasteiger charge is 2.69. The molecule has 2 saturated carbocycles. The van der Waals surface area contributed by atoms with E-state index < -0.39 is 0 Å². The van der Waals surface area contributed by atoms with E-state index in [0.717, 1.165) is 43.2 Å². The van der Waals surface area contributed by atoms with Gasteiger partial charge in [-0.3, -0.25) is 19.3 Å². The Labute approximate surface area is 266 Å². The molecular formula is C34H29BrN2O4S2. The fraction of sp³-hybridized carbons (Fsp3) is 0.324. The lowest BCUT2D eigenvalue weighted by molar-refractivity contribution is -0.123. The predicted octanol–water partition coefficient (Wildman–Crippen LogP) is 7.07. The Hall–Kier alpha value is -3.14. The maximum Gasteiger partial charge on any atom is 0.305 e. The van der Waals surface area contributed by atoms with E-state index in [1.807, 2.05) is 55.5 Å². The molecule has 6 nitrogen and oxygen atoms in total. The number of H-pyrrole nitrogens is 1. The first-order valence-corrected chi connectivity index (χ1v) is 17.1. The summed E-state index contributed by atoms with van der Waals surface area (Å²) >= 11 is 6.66. The number of benzene rings is 3. The molecule has 2 amide bonds. The van der Waals surface area contributed by atoms with E-state index in [0.29, 0.717) is 12.3 Å². The van der Waals surface area contributed by atoms with E-state index >= 15 is 0 Å². The Balaban J connectivity index is 1.20. The lowest BCUT2D eigenvalue weighted by atomic mass is 9.68. The van der Waals surface area contributed by atoms with Gasteiger partial charge in [-0.2, -0.15) is 0 Å². The van der Waals surface area contributed by atoms with Crippen LogP contribution in [-0.4, -0.2) is 22.0 Å². The van der Waals surface area contributed by atoms with Crippen LogP contribution in [0.1, 0.15) is 39.5 Å². The molecule has 1 saturated heterocycles. The summed E-state index contributed by atoms with van der Waals surface area (Å²) in [5.41, 5.74) is 5.05. The fourth-order valence-corrected chi connectivity index (χ4v) is 11.4. The Morgan fingerprint density at radius 1 is 0.953 bits per heavy atom. The van der Waals surface area contributed by atoms with Gasteiger partial charge in [-0.15, -0.1) is 11.8 Å². The van der Waals surface area contributed by atoms with Crippen LogP contribution in [0.15, 0.2) is 81.0 Å². The number of amides is 2. The minimum Gasteiger partial charge on any atom is -0.489 e. The molecule has 9 heteroatoms. The van der Waals surface area contributed by atoms with Crippen molar-refractivity contribution in [3.8, 4) is 5.75 Å². The van der Waals surface area contributed by atoms with Crippen LogP contribution in [0.4, 0.5) is 5.69 Å². The Morgan fingerprint density at radius 2 is 1.70 bits per heavy atom. The summed E-state index contributed by atoms with van der Waals surface area (Å²) in [6, 6.07) is 22.0. The molecule has 3 heterocycles.